The van der Waals surface area contributed by atoms with Crippen molar-refractivity contribution in [3.8, 4) is 0 Å². The Balaban J connectivity index is 1.74. The monoisotopic (exact) mass is 259 g/mol. The van der Waals surface area contributed by atoms with Crippen molar-refractivity contribution in [2.45, 2.75) is 70.3 Å². The van der Waals surface area contributed by atoms with Crippen LogP contribution in [0, 0.1) is 5.41 Å². The lowest BCUT2D eigenvalue weighted by Gasteiger charge is -2.34. The summed E-state index contributed by atoms with van der Waals surface area (Å²) >= 11 is 0. The van der Waals surface area contributed by atoms with E-state index >= 15 is 0 Å². The van der Waals surface area contributed by atoms with Gasteiger partial charge in [0.2, 0.25) is 0 Å². The van der Waals surface area contributed by atoms with E-state index in [1.807, 2.05) is 0 Å². The molecule has 4 rings (SSSR count). The summed E-state index contributed by atoms with van der Waals surface area (Å²) in [6.07, 6.45) is 6.51. The molecule has 104 valence electrons. The summed E-state index contributed by atoms with van der Waals surface area (Å²) in [7, 11) is 0. The van der Waals surface area contributed by atoms with Crippen LogP contribution in [0.4, 0.5) is 0 Å². The van der Waals surface area contributed by atoms with Crippen LogP contribution in [0.2, 0.25) is 0 Å². The first-order valence-corrected chi connectivity index (χ1v) is 7.88. The average molecular weight is 259 g/mol. The van der Waals surface area contributed by atoms with Crippen molar-refractivity contribution >= 4 is 0 Å². The van der Waals surface area contributed by atoms with Gasteiger partial charge in [-0.25, -0.2) is 4.98 Å². The van der Waals surface area contributed by atoms with Crippen LogP contribution in [-0.4, -0.2) is 16.5 Å². The molecule has 1 aliphatic heterocycles. The number of hydrogen-bond donors (Lipinski definition) is 2. The van der Waals surface area contributed by atoms with E-state index in [1.54, 1.807) is 0 Å². The SMILES string of the molecule is CC12CCC(c3[nH]c(C4CCCCN4)nc31)C2(C)C. The maximum absolute atomic E-state index is 5.05. The fourth-order valence-corrected chi connectivity index (χ4v) is 4.76. The highest BCUT2D eigenvalue weighted by molar-refractivity contribution is 5.42. The van der Waals surface area contributed by atoms with E-state index in [-0.39, 0.29) is 5.41 Å². The molecule has 3 nitrogen and oxygen atoms in total. The maximum Gasteiger partial charge on any atom is 0.123 e. The molecule has 3 aliphatic rings. The van der Waals surface area contributed by atoms with Crippen LogP contribution in [-0.2, 0) is 5.41 Å². The standard InChI is InChI=1S/C16H25N3/c1-15(2)10-7-8-16(15,3)13-12(10)18-14(19-13)11-6-4-5-9-17-11/h10-11,17H,4-9H2,1-3H3,(H,18,19). The summed E-state index contributed by atoms with van der Waals surface area (Å²) in [5.74, 6) is 1.90. The highest BCUT2D eigenvalue weighted by atomic mass is 15.1. The van der Waals surface area contributed by atoms with E-state index in [4.69, 9.17) is 4.98 Å². The Labute approximate surface area is 115 Å². The van der Waals surface area contributed by atoms with Gasteiger partial charge in [-0.05, 0) is 37.6 Å². The molecule has 1 aromatic heterocycles. The van der Waals surface area contributed by atoms with Gasteiger partial charge >= 0.3 is 0 Å². The van der Waals surface area contributed by atoms with E-state index in [1.165, 1.54) is 49.3 Å². The average Bonchev–Trinajstić information content (AvgIpc) is 2.97. The van der Waals surface area contributed by atoms with Crippen molar-refractivity contribution in [2.24, 2.45) is 5.41 Å². The molecule has 19 heavy (non-hydrogen) atoms. The Morgan fingerprint density at radius 1 is 1.16 bits per heavy atom. The van der Waals surface area contributed by atoms with Crippen molar-refractivity contribution in [3.05, 3.63) is 17.2 Å². The molecule has 2 heterocycles. The third-order valence-corrected chi connectivity index (χ3v) is 6.49. The summed E-state index contributed by atoms with van der Waals surface area (Å²) in [6, 6.07) is 0.463. The van der Waals surface area contributed by atoms with Crippen molar-refractivity contribution in [2.75, 3.05) is 6.54 Å². The summed E-state index contributed by atoms with van der Waals surface area (Å²) < 4.78 is 0. The molecule has 0 spiro atoms. The molecule has 2 N–H and O–H groups in total. The van der Waals surface area contributed by atoms with Crippen molar-refractivity contribution in [1.82, 2.24) is 15.3 Å². The number of rotatable bonds is 1. The normalized spacial score (nSPS) is 39.5. The summed E-state index contributed by atoms with van der Waals surface area (Å²) in [6.45, 7) is 8.43. The number of imidazole rings is 1. The quantitative estimate of drug-likeness (QED) is 0.811. The third kappa shape index (κ3) is 1.35. The second-order valence-electron chi connectivity index (χ2n) is 7.53. The Bertz CT molecular complexity index is 510. The first kappa shape index (κ1) is 12.0. The molecule has 3 heteroatoms. The minimum Gasteiger partial charge on any atom is -0.344 e. The highest BCUT2D eigenvalue weighted by Crippen LogP contribution is 2.67. The first-order valence-electron chi connectivity index (χ1n) is 7.88. The highest BCUT2D eigenvalue weighted by Gasteiger charge is 2.61. The number of piperidine rings is 1. The molecule has 2 fully saturated rings. The Morgan fingerprint density at radius 2 is 2.00 bits per heavy atom. The lowest BCUT2D eigenvalue weighted by Crippen LogP contribution is -2.33. The predicted octanol–water partition coefficient (Wildman–Crippen LogP) is 3.40. The van der Waals surface area contributed by atoms with Crippen LogP contribution in [0.15, 0.2) is 0 Å². The first-order chi connectivity index (χ1) is 9.04. The van der Waals surface area contributed by atoms with Crippen molar-refractivity contribution in [1.29, 1.82) is 0 Å². The van der Waals surface area contributed by atoms with Crippen molar-refractivity contribution in [3.63, 3.8) is 0 Å². The van der Waals surface area contributed by atoms with Crippen LogP contribution < -0.4 is 5.32 Å². The molecule has 0 radical (unpaired) electrons. The van der Waals surface area contributed by atoms with E-state index in [0.29, 0.717) is 17.4 Å². The molecule has 1 saturated heterocycles. The number of aromatic nitrogens is 2. The van der Waals surface area contributed by atoms with Gasteiger partial charge in [0.15, 0.2) is 0 Å². The number of hydrogen-bond acceptors (Lipinski definition) is 2. The van der Waals surface area contributed by atoms with Crippen LogP contribution in [0.1, 0.15) is 82.0 Å². The minimum atomic E-state index is 0.288. The van der Waals surface area contributed by atoms with Gasteiger partial charge in [-0.1, -0.05) is 27.2 Å². The van der Waals surface area contributed by atoms with Gasteiger partial charge in [0.25, 0.3) is 0 Å². The molecule has 3 atom stereocenters. The van der Waals surface area contributed by atoms with Crippen LogP contribution >= 0.6 is 0 Å². The molecule has 0 aromatic carbocycles. The molecule has 2 bridgehead atoms. The number of nitrogens with zero attached hydrogens (tertiary/aromatic N) is 1. The van der Waals surface area contributed by atoms with Gasteiger partial charge in [-0.2, -0.15) is 0 Å². The Kier molecular flexibility index (Phi) is 2.28. The molecular weight excluding hydrogens is 234 g/mol. The van der Waals surface area contributed by atoms with E-state index in [0.717, 1.165) is 6.54 Å². The number of fused-ring (bicyclic) bond motifs is 5. The second kappa shape index (κ2) is 3.63. The molecule has 2 aliphatic carbocycles. The Morgan fingerprint density at radius 3 is 2.68 bits per heavy atom. The minimum absolute atomic E-state index is 0.288. The lowest BCUT2D eigenvalue weighted by atomic mass is 9.70. The lowest BCUT2D eigenvalue weighted by molar-refractivity contribution is 0.224. The van der Waals surface area contributed by atoms with E-state index in [2.05, 4.69) is 31.1 Å². The second-order valence-corrected chi connectivity index (χ2v) is 7.53. The predicted molar refractivity (Wildman–Crippen MR) is 76.3 cm³/mol. The van der Waals surface area contributed by atoms with Crippen molar-refractivity contribution < 1.29 is 0 Å². The maximum atomic E-state index is 5.05. The number of H-pyrrole nitrogens is 1. The molecule has 3 unspecified atom stereocenters. The van der Waals surface area contributed by atoms with Crippen LogP contribution in [0.5, 0.6) is 0 Å². The third-order valence-electron chi connectivity index (χ3n) is 6.49. The zero-order chi connectivity index (χ0) is 13.3. The molecule has 1 aromatic rings. The fraction of sp³-hybridized carbons (Fsp3) is 0.812. The van der Waals surface area contributed by atoms with E-state index < -0.39 is 0 Å². The summed E-state index contributed by atoms with van der Waals surface area (Å²) in [5.41, 5.74) is 3.51. The number of nitrogens with one attached hydrogen (secondary N) is 2. The van der Waals surface area contributed by atoms with Crippen LogP contribution in [0.25, 0.3) is 0 Å². The largest absolute Gasteiger partial charge is 0.344 e. The van der Waals surface area contributed by atoms with Gasteiger partial charge < -0.3 is 10.3 Å². The zero-order valence-electron chi connectivity index (χ0n) is 12.3. The molecule has 1 saturated carbocycles. The zero-order valence-corrected chi connectivity index (χ0v) is 12.3. The van der Waals surface area contributed by atoms with E-state index in [9.17, 15) is 0 Å². The molecular formula is C16H25N3. The number of aromatic amines is 1. The smallest absolute Gasteiger partial charge is 0.123 e. The Hall–Kier alpha value is -0.830. The fourth-order valence-electron chi connectivity index (χ4n) is 4.76. The van der Waals surface area contributed by atoms with Gasteiger partial charge in [0.1, 0.15) is 5.82 Å². The van der Waals surface area contributed by atoms with Gasteiger partial charge in [-0.3, -0.25) is 0 Å². The summed E-state index contributed by atoms with van der Waals surface area (Å²) in [4.78, 5) is 8.75. The van der Waals surface area contributed by atoms with Gasteiger partial charge in [0, 0.05) is 17.0 Å². The van der Waals surface area contributed by atoms with Gasteiger partial charge in [0.05, 0.1) is 11.7 Å². The van der Waals surface area contributed by atoms with Gasteiger partial charge in [-0.15, -0.1) is 0 Å². The van der Waals surface area contributed by atoms with Crippen LogP contribution in [0.3, 0.4) is 0 Å². The summed E-state index contributed by atoms with van der Waals surface area (Å²) in [5, 5.41) is 3.61. The topological polar surface area (TPSA) is 40.7 Å². The molecule has 0 amide bonds.